The van der Waals surface area contributed by atoms with Gasteiger partial charge in [-0.3, -0.25) is 14.6 Å². The first-order valence-corrected chi connectivity index (χ1v) is 10.1. The Bertz CT molecular complexity index is 1070. The minimum Gasteiger partial charge on any atom is -0.491 e. The third-order valence-corrected chi connectivity index (χ3v) is 4.91. The highest BCUT2D eigenvalue weighted by Crippen LogP contribution is 2.29. The van der Waals surface area contributed by atoms with Gasteiger partial charge in [0.15, 0.2) is 18.1 Å². The largest absolute Gasteiger partial charge is 0.491 e. The predicted molar refractivity (Wildman–Crippen MR) is 114 cm³/mol. The number of amides is 2. The molecule has 0 radical (unpaired) electrons. The minimum atomic E-state index is -0.361. The van der Waals surface area contributed by atoms with Gasteiger partial charge in [0.1, 0.15) is 0 Å². The standard InChI is InChI=1S/C19H21N7O4S/c1-12(27)21-13-5-4-6-14(7-13)22-18(28)10-30-16-8-15(20-9-17(16)29-3)11-31-19-23-24-25-26(19)2/h4-9H,10-11H2,1-3H3,(H,21,27)(H,22,28). The first-order valence-electron chi connectivity index (χ1n) is 9.13. The zero-order valence-corrected chi connectivity index (χ0v) is 18.0. The van der Waals surface area contributed by atoms with Gasteiger partial charge in [0.25, 0.3) is 5.91 Å². The molecule has 0 fully saturated rings. The van der Waals surface area contributed by atoms with Crippen LogP contribution in [0.3, 0.4) is 0 Å². The molecule has 2 aromatic heterocycles. The van der Waals surface area contributed by atoms with E-state index in [1.165, 1.54) is 32.0 Å². The van der Waals surface area contributed by atoms with Crippen LogP contribution in [0.4, 0.5) is 11.4 Å². The molecule has 2 amide bonds. The number of anilines is 2. The zero-order valence-electron chi connectivity index (χ0n) is 17.2. The van der Waals surface area contributed by atoms with Crippen molar-refractivity contribution in [1.82, 2.24) is 25.2 Å². The molecule has 11 nitrogen and oxygen atoms in total. The number of aryl methyl sites for hydroxylation is 1. The monoisotopic (exact) mass is 443 g/mol. The molecule has 0 bridgehead atoms. The van der Waals surface area contributed by atoms with Gasteiger partial charge in [-0.1, -0.05) is 17.8 Å². The normalized spacial score (nSPS) is 10.4. The summed E-state index contributed by atoms with van der Waals surface area (Å²) in [5.74, 6) is 0.762. The van der Waals surface area contributed by atoms with Crippen molar-refractivity contribution in [3.05, 3.63) is 42.2 Å². The van der Waals surface area contributed by atoms with Crippen molar-refractivity contribution in [2.24, 2.45) is 7.05 Å². The van der Waals surface area contributed by atoms with Gasteiger partial charge in [-0.25, -0.2) is 4.68 Å². The first-order chi connectivity index (χ1) is 14.9. The second kappa shape index (κ2) is 10.4. The molecule has 0 saturated heterocycles. The number of tetrazole rings is 1. The maximum absolute atomic E-state index is 12.3. The summed E-state index contributed by atoms with van der Waals surface area (Å²) < 4.78 is 12.5. The third-order valence-electron chi connectivity index (χ3n) is 3.86. The van der Waals surface area contributed by atoms with Crippen molar-refractivity contribution < 1.29 is 19.1 Å². The lowest BCUT2D eigenvalue weighted by Crippen LogP contribution is -2.20. The van der Waals surface area contributed by atoms with E-state index in [1.54, 1.807) is 42.1 Å². The number of carbonyl (C=O) groups is 2. The van der Waals surface area contributed by atoms with Gasteiger partial charge in [0.05, 0.1) is 19.0 Å². The van der Waals surface area contributed by atoms with Gasteiger partial charge in [-0.2, -0.15) is 0 Å². The molecule has 3 rings (SSSR count). The van der Waals surface area contributed by atoms with Crippen molar-refractivity contribution in [2.75, 3.05) is 24.4 Å². The van der Waals surface area contributed by atoms with E-state index < -0.39 is 0 Å². The number of hydrogen-bond acceptors (Lipinski definition) is 9. The van der Waals surface area contributed by atoms with Crippen LogP contribution in [0.1, 0.15) is 12.6 Å². The number of methoxy groups -OCH3 is 1. The topological polar surface area (TPSA) is 133 Å². The highest BCUT2D eigenvalue weighted by molar-refractivity contribution is 7.98. The average molecular weight is 443 g/mol. The Kier molecular flexibility index (Phi) is 7.38. The summed E-state index contributed by atoms with van der Waals surface area (Å²) in [6.07, 6.45) is 1.54. The maximum atomic E-state index is 12.3. The smallest absolute Gasteiger partial charge is 0.262 e. The van der Waals surface area contributed by atoms with Crippen molar-refractivity contribution in [3.63, 3.8) is 0 Å². The van der Waals surface area contributed by atoms with Crippen molar-refractivity contribution in [1.29, 1.82) is 0 Å². The Morgan fingerprint density at radius 2 is 1.94 bits per heavy atom. The molecule has 0 unspecified atom stereocenters. The molecule has 0 aliphatic heterocycles. The molecule has 12 heteroatoms. The lowest BCUT2D eigenvalue weighted by atomic mass is 10.2. The molecule has 0 saturated carbocycles. The van der Waals surface area contributed by atoms with Crippen LogP contribution in [0.15, 0.2) is 41.7 Å². The molecular weight excluding hydrogens is 422 g/mol. The van der Waals surface area contributed by atoms with Crippen LogP contribution in [-0.2, 0) is 22.4 Å². The summed E-state index contributed by atoms with van der Waals surface area (Å²) >= 11 is 1.42. The number of nitrogens with zero attached hydrogens (tertiary/aromatic N) is 5. The van der Waals surface area contributed by atoms with E-state index in [9.17, 15) is 9.59 Å². The molecule has 0 aliphatic carbocycles. The number of thioether (sulfide) groups is 1. The number of pyridine rings is 1. The number of rotatable bonds is 9. The highest BCUT2D eigenvalue weighted by atomic mass is 32.2. The van der Waals surface area contributed by atoms with Gasteiger partial charge >= 0.3 is 0 Å². The van der Waals surface area contributed by atoms with Crippen molar-refractivity contribution in [2.45, 2.75) is 17.8 Å². The Balaban J connectivity index is 1.60. The number of ether oxygens (including phenoxy) is 2. The molecule has 0 atom stereocenters. The third kappa shape index (κ3) is 6.40. The van der Waals surface area contributed by atoms with E-state index in [2.05, 4.69) is 31.1 Å². The van der Waals surface area contributed by atoms with E-state index in [1.807, 2.05) is 0 Å². The first kappa shape index (κ1) is 22.0. The lowest BCUT2D eigenvalue weighted by molar-refractivity contribution is -0.118. The second-order valence-electron chi connectivity index (χ2n) is 6.30. The molecule has 2 heterocycles. The van der Waals surface area contributed by atoms with Gasteiger partial charge in [-0.15, -0.1) is 5.10 Å². The van der Waals surface area contributed by atoms with Crippen LogP contribution < -0.4 is 20.1 Å². The molecule has 31 heavy (non-hydrogen) atoms. The Morgan fingerprint density at radius 1 is 1.16 bits per heavy atom. The fraction of sp³-hybridized carbons (Fsp3) is 0.263. The van der Waals surface area contributed by atoms with Crippen LogP contribution in [0.2, 0.25) is 0 Å². The second-order valence-corrected chi connectivity index (χ2v) is 7.24. The molecule has 162 valence electrons. The number of benzene rings is 1. The zero-order chi connectivity index (χ0) is 22.2. The predicted octanol–water partition coefficient (Wildman–Crippen LogP) is 1.88. The molecule has 2 N–H and O–H groups in total. The number of aromatic nitrogens is 5. The summed E-state index contributed by atoms with van der Waals surface area (Å²) in [7, 11) is 3.25. The van der Waals surface area contributed by atoms with Crippen molar-refractivity contribution in [3.8, 4) is 11.5 Å². The van der Waals surface area contributed by atoms with E-state index in [-0.39, 0.29) is 18.4 Å². The highest BCUT2D eigenvalue weighted by Gasteiger charge is 2.12. The van der Waals surface area contributed by atoms with Crippen LogP contribution in [0.25, 0.3) is 0 Å². The molecule has 0 aliphatic rings. The quantitative estimate of drug-likeness (QED) is 0.476. The molecule has 1 aromatic carbocycles. The maximum Gasteiger partial charge on any atom is 0.262 e. The molecule has 3 aromatic rings. The summed E-state index contributed by atoms with van der Waals surface area (Å²) in [4.78, 5) is 27.8. The van der Waals surface area contributed by atoms with Crippen LogP contribution in [-0.4, -0.2) is 50.7 Å². The molecule has 0 spiro atoms. The fourth-order valence-electron chi connectivity index (χ4n) is 2.51. The van der Waals surface area contributed by atoms with Crippen LogP contribution in [0, 0.1) is 0 Å². The summed E-state index contributed by atoms with van der Waals surface area (Å²) in [5, 5.41) is 17.3. The van der Waals surface area contributed by atoms with Gasteiger partial charge in [-0.05, 0) is 28.6 Å². The van der Waals surface area contributed by atoms with E-state index in [4.69, 9.17) is 9.47 Å². The fourth-order valence-corrected chi connectivity index (χ4v) is 3.26. The van der Waals surface area contributed by atoms with Crippen LogP contribution >= 0.6 is 11.8 Å². The van der Waals surface area contributed by atoms with E-state index in [0.29, 0.717) is 39.5 Å². The van der Waals surface area contributed by atoms with Gasteiger partial charge < -0.3 is 20.1 Å². The van der Waals surface area contributed by atoms with E-state index >= 15 is 0 Å². The average Bonchev–Trinajstić information content (AvgIpc) is 3.15. The number of nitrogens with one attached hydrogen (secondary N) is 2. The SMILES string of the molecule is COc1cnc(CSc2nnnn2C)cc1OCC(=O)Nc1cccc(NC(C)=O)c1. The summed E-state index contributed by atoms with van der Waals surface area (Å²) in [6, 6.07) is 8.53. The molecular formula is C19H21N7O4S. The summed E-state index contributed by atoms with van der Waals surface area (Å²) in [5.41, 5.74) is 1.84. The number of hydrogen-bond donors (Lipinski definition) is 2. The Labute approximate surface area is 182 Å². The minimum absolute atomic E-state index is 0.194. The number of carbonyl (C=O) groups excluding carboxylic acids is 2. The lowest BCUT2D eigenvalue weighted by Gasteiger charge is -2.12. The van der Waals surface area contributed by atoms with E-state index in [0.717, 1.165) is 0 Å². The van der Waals surface area contributed by atoms with Gasteiger partial charge in [0, 0.05) is 37.2 Å². The van der Waals surface area contributed by atoms with Gasteiger partial charge in [0.2, 0.25) is 11.1 Å². The Hall–Kier alpha value is -3.67. The summed E-state index contributed by atoms with van der Waals surface area (Å²) in [6.45, 7) is 1.18. The van der Waals surface area contributed by atoms with Crippen molar-refractivity contribution >= 4 is 35.0 Å². The van der Waals surface area contributed by atoms with Crippen LogP contribution in [0.5, 0.6) is 11.5 Å². The Morgan fingerprint density at radius 3 is 2.61 bits per heavy atom.